The van der Waals surface area contributed by atoms with Crippen LogP contribution in [-0.4, -0.2) is 40.4 Å². The first-order valence-electron chi connectivity index (χ1n) is 4.92. The molecule has 4 atom stereocenters. The van der Waals surface area contributed by atoms with E-state index in [0.717, 1.165) is 5.57 Å². The number of hydrogen-bond donors (Lipinski definition) is 2. The Bertz CT molecular complexity index is 352. The molecule has 0 saturated carbocycles. The number of ether oxygens (including phenoxy) is 1. The highest BCUT2D eigenvalue weighted by Gasteiger charge is 2.53. The summed E-state index contributed by atoms with van der Waals surface area (Å²) < 4.78 is 5.00. The summed E-state index contributed by atoms with van der Waals surface area (Å²) in [6.45, 7) is 3.69. The van der Waals surface area contributed by atoms with Gasteiger partial charge in [-0.1, -0.05) is 11.6 Å². The van der Waals surface area contributed by atoms with Gasteiger partial charge in [0.05, 0.1) is 6.10 Å². The largest absolute Gasteiger partial charge is 0.386 e. The molecule has 4 nitrogen and oxygen atoms in total. The lowest BCUT2D eigenvalue weighted by molar-refractivity contribution is -0.116. The van der Waals surface area contributed by atoms with Gasteiger partial charge >= 0.3 is 0 Å². The predicted molar refractivity (Wildman–Crippen MR) is 53.2 cm³/mol. The Morgan fingerprint density at radius 3 is 2.87 bits per heavy atom. The molecule has 0 bridgehead atoms. The molecule has 82 valence electrons. The second kappa shape index (κ2) is 3.56. The van der Waals surface area contributed by atoms with Gasteiger partial charge in [0.1, 0.15) is 18.3 Å². The topological polar surface area (TPSA) is 70.1 Å². The number of hydrogen-bond acceptors (Lipinski definition) is 4. The summed E-state index contributed by atoms with van der Waals surface area (Å²) in [4.78, 5) is 11.3. The molecule has 2 aliphatic rings. The fraction of sp³-hybridized carbons (Fsp3) is 0.545. The van der Waals surface area contributed by atoms with Crippen LogP contribution in [0.4, 0.5) is 0 Å². The van der Waals surface area contributed by atoms with Crippen LogP contribution in [0.3, 0.4) is 0 Å². The van der Waals surface area contributed by atoms with Gasteiger partial charge in [0, 0.05) is 0 Å². The Kier molecular flexibility index (Phi) is 2.50. The maximum Gasteiger partial charge on any atom is 0.187 e. The van der Waals surface area contributed by atoms with Crippen molar-refractivity contribution in [2.75, 3.05) is 0 Å². The molecule has 15 heavy (non-hydrogen) atoms. The minimum atomic E-state index is -0.904. The van der Waals surface area contributed by atoms with Crippen molar-refractivity contribution in [3.8, 4) is 0 Å². The first-order valence-corrected chi connectivity index (χ1v) is 4.92. The first kappa shape index (κ1) is 10.5. The average Bonchev–Trinajstić information content (AvgIpc) is 2.89. The van der Waals surface area contributed by atoms with Crippen LogP contribution in [0.2, 0.25) is 0 Å². The number of fused-ring (bicyclic) bond motifs is 1. The molecule has 0 radical (unpaired) electrons. The molecule has 2 rings (SSSR count). The summed E-state index contributed by atoms with van der Waals surface area (Å²) in [5.41, 5.74) is 1.27. The van der Waals surface area contributed by atoms with Crippen molar-refractivity contribution in [2.24, 2.45) is 0 Å². The number of epoxide rings is 1. The Morgan fingerprint density at radius 2 is 2.27 bits per heavy atom. The van der Waals surface area contributed by atoms with E-state index in [2.05, 4.69) is 0 Å². The molecule has 1 saturated heterocycles. The highest BCUT2D eigenvalue weighted by molar-refractivity contribution is 5.98. The van der Waals surface area contributed by atoms with E-state index in [0.29, 0.717) is 5.57 Å². The SMILES string of the molecule is CC(C)=C[C@H](O)C1=CC(=O)[C@@H]2O[C@@H]2[C@@H]1O. The third-order valence-corrected chi connectivity index (χ3v) is 2.60. The van der Waals surface area contributed by atoms with Gasteiger partial charge in [-0.05, 0) is 25.5 Å². The maximum atomic E-state index is 11.3. The van der Waals surface area contributed by atoms with E-state index in [-0.39, 0.29) is 5.78 Å². The van der Waals surface area contributed by atoms with E-state index in [9.17, 15) is 15.0 Å². The number of rotatable bonds is 2. The summed E-state index contributed by atoms with van der Waals surface area (Å²) in [6, 6.07) is 0. The summed E-state index contributed by atoms with van der Waals surface area (Å²) in [6.07, 6.45) is 0.200. The van der Waals surface area contributed by atoms with E-state index < -0.39 is 24.4 Å². The Morgan fingerprint density at radius 1 is 1.60 bits per heavy atom. The third-order valence-electron chi connectivity index (χ3n) is 2.60. The van der Waals surface area contributed by atoms with Crippen molar-refractivity contribution in [1.29, 1.82) is 0 Å². The van der Waals surface area contributed by atoms with E-state index in [1.165, 1.54) is 6.08 Å². The van der Waals surface area contributed by atoms with Crippen LogP contribution in [0.25, 0.3) is 0 Å². The Balaban J connectivity index is 2.21. The number of aliphatic hydroxyl groups excluding tert-OH is 2. The monoisotopic (exact) mass is 210 g/mol. The number of ketones is 1. The van der Waals surface area contributed by atoms with Crippen LogP contribution in [-0.2, 0) is 9.53 Å². The zero-order chi connectivity index (χ0) is 11.2. The van der Waals surface area contributed by atoms with Crippen molar-refractivity contribution in [2.45, 2.75) is 38.3 Å². The van der Waals surface area contributed by atoms with Crippen LogP contribution in [0.1, 0.15) is 13.8 Å². The predicted octanol–water partition coefficient (Wildman–Crippen LogP) is -0.0491. The number of carbonyl (C=O) groups is 1. The third kappa shape index (κ3) is 1.88. The van der Waals surface area contributed by atoms with Crippen molar-refractivity contribution < 1.29 is 19.7 Å². The molecule has 4 heteroatoms. The maximum absolute atomic E-state index is 11.3. The van der Waals surface area contributed by atoms with Crippen molar-refractivity contribution in [3.63, 3.8) is 0 Å². The summed E-state index contributed by atoms with van der Waals surface area (Å²) in [7, 11) is 0. The Labute approximate surface area is 87.9 Å². The van der Waals surface area contributed by atoms with Crippen LogP contribution < -0.4 is 0 Å². The second-order valence-electron chi connectivity index (χ2n) is 4.20. The molecule has 0 unspecified atom stereocenters. The molecule has 0 aromatic rings. The second-order valence-corrected chi connectivity index (χ2v) is 4.20. The van der Waals surface area contributed by atoms with Crippen LogP contribution in [0.5, 0.6) is 0 Å². The van der Waals surface area contributed by atoms with Gasteiger partial charge < -0.3 is 14.9 Å². The highest BCUT2D eigenvalue weighted by atomic mass is 16.6. The van der Waals surface area contributed by atoms with E-state index in [4.69, 9.17) is 4.74 Å². The normalized spacial score (nSPS) is 35.3. The van der Waals surface area contributed by atoms with Gasteiger partial charge in [-0.25, -0.2) is 0 Å². The van der Waals surface area contributed by atoms with Crippen LogP contribution >= 0.6 is 0 Å². The van der Waals surface area contributed by atoms with E-state index in [1.54, 1.807) is 6.08 Å². The zero-order valence-corrected chi connectivity index (χ0v) is 8.68. The lowest BCUT2D eigenvalue weighted by Gasteiger charge is -2.19. The minimum absolute atomic E-state index is 0.165. The molecular weight excluding hydrogens is 196 g/mol. The molecule has 0 aromatic carbocycles. The fourth-order valence-corrected chi connectivity index (χ4v) is 1.79. The van der Waals surface area contributed by atoms with E-state index in [1.807, 2.05) is 13.8 Å². The van der Waals surface area contributed by atoms with Gasteiger partial charge in [0.2, 0.25) is 0 Å². The molecule has 0 aromatic heterocycles. The van der Waals surface area contributed by atoms with Gasteiger partial charge in [0.15, 0.2) is 5.78 Å². The smallest absolute Gasteiger partial charge is 0.187 e. The molecule has 0 spiro atoms. The van der Waals surface area contributed by atoms with Gasteiger partial charge in [-0.15, -0.1) is 0 Å². The average molecular weight is 210 g/mol. The van der Waals surface area contributed by atoms with E-state index >= 15 is 0 Å². The molecule has 2 N–H and O–H groups in total. The van der Waals surface area contributed by atoms with Gasteiger partial charge in [0.25, 0.3) is 0 Å². The van der Waals surface area contributed by atoms with Crippen molar-refractivity contribution >= 4 is 5.78 Å². The number of allylic oxidation sites excluding steroid dienone is 1. The zero-order valence-electron chi connectivity index (χ0n) is 8.68. The molecular formula is C11H14O4. The summed E-state index contributed by atoms with van der Waals surface area (Å²) in [5, 5.41) is 19.5. The lowest BCUT2D eigenvalue weighted by Crippen LogP contribution is -2.32. The molecule has 1 heterocycles. The Hall–Kier alpha value is -0.970. The minimum Gasteiger partial charge on any atom is -0.386 e. The fourth-order valence-electron chi connectivity index (χ4n) is 1.79. The molecule has 1 aliphatic carbocycles. The van der Waals surface area contributed by atoms with Crippen molar-refractivity contribution in [1.82, 2.24) is 0 Å². The van der Waals surface area contributed by atoms with Crippen molar-refractivity contribution in [3.05, 3.63) is 23.3 Å². The number of carbonyl (C=O) groups excluding carboxylic acids is 1. The van der Waals surface area contributed by atoms with Gasteiger partial charge in [-0.3, -0.25) is 4.79 Å². The highest BCUT2D eigenvalue weighted by Crippen LogP contribution is 2.35. The standard InChI is InChI=1S/C11H14O4/c1-5(2)3-7(12)6-4-8(13)10-11(15-10)9(6)14/h3-4,7,9-12,14H,1-2H3/t7-,9+,10-,11+/m0/s1. The quantitative estimate of drug-likeness (QED) is 0.495. The first-order chi connectivity index (χ1) is 7.00. The summed E-state index contributed by atoms with van der Waals surface area (Å²) >= 11 is 0. The number of aliphatic hydroxyl groups is 2. The van der Waals surface area contributed by atoms with Gasteiger partial charge in [-0.2, -0.15) is 0 Å². The lowest BCUT2D eigenvalue weighted by atomic mass is 9.91. The molecule has 1 fully saturated rings. The van der Waals surface area contributed by atoms with Crippen LogP contribution in [0.15, 0.2) is 23.3 Å². The summed E-state index contributed by atoms with van der Waals surface area (Å²) in [5.74, 6) is -0.165. The molecule has 0 amide bonds. The van der Waals surface area contributed by atoms with Crippen LogP contribution in [0, 0.1) is 0 Å². The molecule has 1 aliphatic heterocycles.